The number of likely N-dealkylation sites (tertiary alicyclic amines) is 1. The van der Waals surface area contributed by atoms with E-state index in [1.54, 1.807) is 19.1 Å². The molecule has 0 bridgehead atoms. The van der Waals surface area contributed by atoms with E-state index in [4.69, 9.17) is 0 Å². The smallest absolute Gasteiger partial charge is 0.274 e. The van der Waals surface area contributed by atoms with Crippen molar-refractivity contribution in [1.82, 2.24) is 4.90 Å². The Kier molecular flexibility index (Phi) is 4.87. The number of nitrogens with zero attached hydrogens (tertiary/aromatic N) is 2. The molecule has 114 valence electrons. The average molecular weight is 293 g/mol. The summed E-state index contributed by atoms with van der Waals surface area (Å²) in [5, 5.41) is 23.0. The molecule has 1 amide bonds. The molecule has 0 atom stereocenters. The van der Waals surface area contributed by atoms with Gasteiger partial charge in [-0.05, 0) is 25.8 Å². The van der Waals surface area contributed by atoms with E-state index in [0.29, 0.717) is 37.2 Å². The molecule has 0 radical (unpaired) electrons. The second-order valence-corrected chi connectivity index (χ2v) is 5.31. The van der Waals surface area contributed by atoms with Crippen molar-refractivity contribution in [3.8, 4) is 0 Å². The maximum Gasteiger partial charge on any atom is 0.274 e. The van der Waals surface area contributed by atoms with Crippen LogP contribution in [0.2, 0.25) is 0 Å². The number of amides is 1. The summed E-state index contributed by atoms with van der Waals surface area (Å²) in [6.45, 7) is 3.25. The summed E-state index contributed by atoms with van der Waals surface area (Å²) in [5.74, 6) is -0.204. The molecule has 7 heteroatoms. The highest BCUT2D eigenvalue weighted by atomic mass is 16.6. The summed E-state index contributed by atoms with van der Waals surface area (Å²) in [4.78, 5) is 24.3. The van der Waals surface area contributed by atoms with Gasteiger partial charge in [0.1, 0.15) is 0 Å². The second kappa shape index (κ2) is 6.64. The van der Waals surface area contributed by atoms with Crippen LogP contribution >= 0.6 is 0 Å². The zero-order valence-corrected chi connectivity index (χ0v) is 11.9. The van der Waals surface area contributed by atoms with Gasteiger partial charge < -0.3 is 10.4 Å². The molecule has 1 aromatic carbocycles. The molecule has 1 aliphatic rings. The number of nitrogens with one attached hydrogen (secondary N) is 1. The lowest BCUT2D eigenvalue weighted by molar-refractivity contribution is -0.385. The van der Waals surface area contributed by atoms with E-state index in [2.05, 4.69) is 5.32 Å². The van der Waals surface area contributed by atoms with Crippen molar-refractivity contribution in [3.05, 3.63) is 33.9 Å². The van der Waals surface area contributed by atoms with E-state index in [1.165, 1.54) is 6.07 Å². The van der Waals surface area contributed by atoms with Gasteiger partial charge in [0.25, 0.3) is 5.69 Å². The highest BCUT2D eigenvalue weighted by molar-refractivity contribution is 5.92. The monoisotopic (exact) mass is 293 g/mol. The first-order valence-corrected chi connectivity index (χ1v) is 6.91. The third-order valence-corrected chi connectivity index (χ3v) is 3.61. The van der Waals surface area contributed by atoms with Crippen LogP contribution in [0.5, 0.6) is 0 Å². The molecule has 0 spiro atoms. The van der Waals surface area contributed by atoms with Gasteiger partial charge in [0, 0.05) is 30.4 Å². The lowest BCUT2D eigenvalue weighted by atomic mass is 10.1. The number of nitro groups is 1. The van der Waals surface area contributed by atoms with Crippen molar-refractivity contribution in [2.75, 3.05) is 25.0 Å². The molecule has 0 saturated carbocycles. The van der Waals surface area contributed by atoms with Gasteiger partial charge in [0.05, 0.1) is 17.6 Å². The molecule has 1 aromatic rings. The van der Waals surface area contributed by atoms with Crippen LogP contribution in [-0.2, 0) is 4.79 Å². The number of aryl methyl sites for hydroxylation is 1. The maximum absolute atomic E-state index is 11.9. The van der Waals surface area contributed by atoms with Gasteiger partial charge in [0.2, 0.25) is 5.91 Å². The lowest BCUT2D eigenvalue weighted by Crippen LogP contribution is -2.40. The fraction of sp³-hybridized carbons (Fsp3) is 0.500. The molecular formula is C14H19N3O4. The van der Waals surface area contributed by atoms with Crippen LogP contribution < -0.4 is 5.32 Å². The normalized spacial score (nSPS) is 16.7. The number of aliphatic hydroxyl groups excluding tert-OH is 1. The van der Waals surface area contributed by atoms with Crippen LogP contribution in [0.4, 0.5) is 11.4 Å². The Labute approximate surface area is 122 Å². The van der Waals surface area contributed by atoms with Crippen molar-refractivity contribution >= 4 is 17.3 Å². The van der Waals surface area contributed by atoms with Gasteiger partial charge in [0.15, 0.2) is 0 Å². The number of hydrogen-bond donors (Lipinski definition) is 2. The SMILES string of the molecule is Cc1ccc(NC(=O)CN2CCC(O)CC2)cc1[N+](=O)[O-]. The van der Waals surface area contributed by atoms with Crippen LogP contribution in [0.25, 0.3) is 0 Å². The van der Waals surface area contributed by atoms with Gasteiger partial charge in [-0.15, -0.1) is 0 Å². The summed E-state index contributed by atoms with van der Waals surface area (Å²) in [5.41, 5.74) is 0.978. The summed E-state index contributed by atoms with van der Waals surface area (Å²) < 4.78 is 0. The molecule has 2 N–H and O–H groups in total. The first-order chi connectivity index (χ1) is 9.95. The minimum absolute atomic E-state index is 0.00565. The Balaban J connectivity index is 1.93. The number of carbonyl (C=O) groups excluding carboxylic acids is 1. The van der Waals surface area contributed by atoms with Crippen LogP contribution in [0.15, 0.2) is 18.2 Å². The fourth-order valence-corrected chi connectivity index (χ4v) is 2.36. The van der Waals surface area contributed by atoms with E-state index < -0.39 is 4.92 Å². The first-order valence-electron chi connectivity index (χ1n) is 6.91. The number of nitro benzene ring substituents is 1. The zero-order valence-electron chi connectivity index (χ0n) is 11.9. The molecule has 2 rings (SSSR count). The van der Waals surface area contributed by atoms with Crippen molar-refractivity contribution in [2.24, 2.45) is 0 Å². The van der Waals surface area contributed by atoms with Gasteiger partial charge in [-0.25, -0.2) is 0 Å². The van der Waals surface area contributed by atoms with Gasteiger partial charge in [-0.3, -0.25) is 19.8 Å². The molecule has 7 nitrogen and oxygen atoms in total. The molecule has 0 aliphatic carbocycles. The van der Waals surface area contributed by atoms with Crippen LogP contribution in [0.1, 0.15) is 18.4 Å². The highest BCUT2D eigenvalue weighted by Gasteiger charge is 2.19. The summed E-state index contributed by atoms with van der Waals surface area (Å²) in [6.07, 6.45) is 1.07. The number of rotatable bonds is 4. The molecule has 1 fully saturated rings. The summed E-state index contributed by atoms with van der Waals surface area (Å²) in [6, 6.07) is 4.64. The van der Waals surface area contributed by atoms with E-state index in [9.17, 15) is 20.0 Å². The first kappa shape index (κ1) is 15.4. The fourth-order valence-electron chi connectivity index (χ4n) is 2.36. The second-order valence-electron chi connectivity index (χ2n) is 5.31. The number of anilines is 1. The molecule has 0 unspecified atom stereocenters. The maximum atomic E-state index is 11.9. The van der Waals surface area contributed by atoms with Crippen molar-refractivity contribution < 1.29 is 14.8 Å². The predicted molar refractivity (Wildman–Crippen MR) is 78.1 cm³/mol. The third-order valence-electron chi connectivity index (χ3n) is 3.61. The van der Waals surface area contributed by atoms with E-state index >= 15 is 0 Å². The molecule has 1 heterocycles. The van der Waals surface area contributed by atoms with Crippen LogP contribution in [0, 0.1) is 17.0 Å². The minimum atomic E-state index is -0.461. The van der Waals surface area contributed by atoms with Gasteiger partial charge >= 0.3 is 0 Å². The molecule has 21 heavy (non-hydrogen) atoms. The Morgan fingerprint density at radius 3 is 2.76 bits per heavy atom. The summed E-state index contributed by atoms with van der Waals surface area (Å²) >= 11 is 0. The van der Waals surface area contributed by atoms with Gasteiger partial charge in [-0.2, -0.15) is 0 Å². The molecule has 1 saturated heterocycles. The van der Waals surface area contributed by atoms with Gasteiger partial charge in [-0.1, -0.05) is 6.07 Å². The number of hydrogen-bond acceptors (Lipinski definition) is 5. The van der Waals surface area contributed by atoms with Crippen molar-refractivity contribution in [1.29, 1.82) is 0 Å². The Morgan fingerprint density at radius 2 is 2.14 bits per heavy atom. The Bertz CT molecular complexity index is 539. The zero-order chi connectivity index (χ0) is 15.4. The van der Waals surface area contributed by atoms with Crippen LogP contribution in [-0.4, -0.2) is 46.6 Å². The van der Waals surface area contributed by atoms with Crippen LogP contribution in [0.3, 0.4) is 0 Å². The highest BCUT2D eigenvalue weighted by Crippen LogP contribution is 2.22. The predicted octanol–water partition coefficient (Wildman–Crippen LogP) is 1.30. The van der Waals surface area contributed by atoms with E-state index in [0.717, 1.165) is 0 Å². The third kappa shape index (κ3) is 4.24. The minimum Gasteiger partial charge on any atom is -0.393 e. The van der Waals surface area contributed by atoms with Crippen molar-refractivity contribution in [3.63, 3.8) is 0 Å². The molecule has 0 aromatic heterocycles. The number of benzene rings is 1. The number of piperidine rings is 1. The quantitative estimate of drug-likeness (QED) is 0.644. The average Bonchev–Trinajstić information content (AvgIpc) is 2.43. The summed E-state index contributed by atoms with van der Waals surface area (Å²) in [7, 11) is 0. The number of aliphatic hydroxyl groups is 1. The molecule has 1 aliphatic heterocycles. The van der Waals surface area contributed by atoms with E-state index in [-0.39, 0.29) is 24.2 Å². The Morgan fingerprint density at radius 1 is 1.48 bits per heavy atom. The topological polar surface area (TPSA) is 95.7 Å². The molecular weight excluding hydrogens is 274 g/mol. The van der Waals surface area contributed by atoms with Crippen molar-refractivity contribution in [2.45, 2.75) is 25.9 Å². The standard InChI is InChI=1S/C14H19N3O4/c1-10-2-3-11(8-13(10)17(20)21)15-14(19)9-16-6-4-12(18)5-7-16/h2-3,8,12,18H,4-7,9H2,1H3,(H,15,19). The van der Waals surface area contributed by atoms with E-state index in [1.807, 2.05) is 4.90 Å². The lowest BCUT2D eigenvalue weighted by Gasteiger charge is -2.28. The number of carbonyl (C=O) groups is 1. The largest absolute Gasteiger partial charge is 0.393 e. The Hall–Kier alpha value is -1.99.